The lowest BCUT2D eigenvalue weighted by Gasteiger charge is -2.10. The molecule has 0 fully saturated rings. The molecule has 8 heteroatoms. The van der Waals surface area contributed by atoms with Crippen LogP contribution in [0.2, 0.25) is 5.02 Å². The molecule has 1 aromatic carbocycles. The molecule has 0 radical (unpaired) electrons. The molecule has 0 saturated carbocycles. The molecule has 0 bridgehead atoms. The molecule has 0 aliphatic heterocycles. The van der Waals surface area contributed by atoms with Gasteiger partial charge in [-0.3, -0.25) is 9.59 Å². The number of methoxy groups -OCH3 is 2. The van der Waals surface area contributed by atoms with Gasteiger partial charge in [0.1, 0.15) is 5.76 Å². The predicted molar refractivity (Wildman–Crippen MR) is 97.2 cm³/mol. The van der Waals surface area contributed by atoms with E-state index in [4.69, 9.17) is 25.5 Å². The third-order valence-corrected chi connectivity index (χ3v) is 3.63. The van der Waals surface area contributed by atoms with Crippen molar-refractivity contribution in [2.75, 3.05) is 20.8 Å². The number of carbonyl (C=O) groups excluding carboxylic acids is 2. The number of amides is 2. The third-order valence-electron chi connectivity index (χ3n) is 3.35. The van der Waals surface area contributed by atoms with Gasteiger partial charge in [-0.05, 0) is 35.9 Å². The maximum Gasteiger partial charge on any atom is 0.244 e. The molecule has 2 aromatic rings. The summed E-state index contributed by atoms with van der Waals surface area (Å²) in [6.07, 6.45) is 4.38. The molecule has 0 unspecified atom stereocenters. The molecule has 0 atom stereocenters. The Kier molecular flexibility index (Phi) is 7.11. The van der Waals surface area contributed by atoms with Gasteiger partial charge >= 0.3 is 0 Å². The second-order valence-corrected chi connectivity index (χ2v) is 5.55. The first-order valence-corrected chi connectivity index (χ1v) is 8.07. The molecule has 7 nitrogen and oxygen atoms in total. The van der Waals surface area contributed by atoms with Gasteiger partial charge in [0.05, 0.1) is 38.6 Å². The Morgan fingerprint density at radius 2 is 2.04 bits per heavy atom. The van der Waals surface area contributed by atoms with Gasteiger partial charge in [-0.25, -0.2) is 0 Å². The van der Waals surface area contributed by atoms with Gasteiger partial charge in [-0.2, -0.15) is 0 Å². The van der Waals surface area contributed by atoms with Gasteiger partial charge in [-0.1, -0.05) is 11.6 Å². The van der Waals surface area contributed by atoms with E-state index in [1.165, 1.54) is 26.6 Å². The van der Waals surface area contributed by atoms with E-state index in [2.05, 4.69) is 10.6 Å². The van der Waals surface area contributed by atoms with E-state index in [0.29, 0.717) is 27.8 Å². The molecule has 2 amide bonds. The molecular weight excluding hydrogens is 360 g/mol. The number of benzene rings is 1. The lowest BCUT2D eigenvalue weighted by molar-refractivity contribution is -0.124. The maximum absolute atomic E-state index is 11.8. The second kappa shape index (κ2) is 9.53. The molecule has 0 aliphatic carbocycles. The highest BCUT2D eigenvalue weighted by molar-refractivity contribution is 6.32. The fourth-order valence-corrected chi connectivity index (χ4v) is 2.39. The number of hydrogen-bond acceptors (Lipinski definition) is 5. The molecule has 138 valence electrons. The Hall–Kier alpha value is -2.93. The number of ether oxygens (including phenoxy) is 2. The summed E-state index contributed by atoms with van der Waals surface area (Å²) in [4.78, 5) is 23.5. The monoisotopic (exact) mass is 378 g/mol. The molecule has 0 aliphatic rings. The van der Waals surface area contributed by atoms with Crippen molar-refractivity contribution >= 4 is 29.5 Å². The van der Waals surface area contributed by atoms with Crippen LogP contribution in [0.4, 0.5) is 0 Å². The molecule has 26 heavy (non-hydrogen) atoms. The molecule has 1 heterocycles. The van der Waals surface area contributed by atoms with E-state index in [1.54, 1.807) is 30.3 Å². The van der Waals surface area contributed by atoms with E-state index in [-0.39, 0.29) is 19.0 Å². The summed E-state index contributed by atoms with van der Waals surface area (Å²) in [7, 11) is 2.99. The van der Waals surface area contributed by atoms with E-state index in [1.807, 2.05) is 0 Å². The minimum atomic E-state index is -0.413. The SMILES string of the molecule is COc1cc(/C=C/C(=O)NCC(=O)NCc2ccco2)cc(Cl)c1OC. The molecule has 0 spiro atoms. The quantitative estimate of drug-likeness (QED) is 0.688. The first kappa shape index (κ1) is 19.4. The van der Waals surface area contributed by atoms with Crippen LogP contribution in [0.5, 0.6) is 11.5 Å². The molecule has 2 rings (SSSR count). The van der Waals surface area contributed by atoms with Gasteiger partial charge in [0.15, 0.2) is 11.5 Å². The highest BCUT2D eigenvalue weighted by atomic mass is 35.5. The van der Waals surface area contributed by atoms with Crippen molar-refractivity contribution < 1.29 is 23.5 Å². The van der Waals surface area contributed by atoms with E-state index < -0.39 is 5.91 Å². The van der Waals surface area contributed by atoms with Gasteiger partial charge < -0.3 is 24.5 Å². The van der Waals surface area contributed by atoms with Crippen molar-refractivity contribution in [2.45, 2.75) is 6.54 Å². The van der Waals surface area contributed by atoms with Crippen molar-refractivity contribution in [3.8, 4) is 11.5 Å². The lowest BCUT2D eigenvalue weighted by Crippen LogP contribution is -2.35. The van der Waals surface area contributed by atoms with Crippen LogP contribution in [-0.4, -0.2) is 32.6 Å². The van der Waals surface area contributed by atoms with Crippen LogP contribution in [-0.2, 0) is 16.1 Å². The van der Waals surface area contributed by atoms with Gasteiger partial charge in [-0.15, -0.1) is 0 Å². The smallest absolute Gasteiger partial charge is 0.244 e. The molecular formula is C18H19ClN2O5. The minimum Gasteiger partial charge on any atom is -0.493 e. The predicted octanol–water partition coefficient (Wildman–Crippen LogP) is 2.40. The van der Waals surface area contributed by atoms with Crippen LogP contribution in [0.3, 0.4) is 0 Å². The summed E-state index contributed by atoms with van der Waals surface area (Å²) in [5, 5.41) is 5.49. The third kappa shape index (κ3) is 5.56. The summed E-state index contributed by atoms with van der Waals surface area (Å²) in [5.41, 5.74) is 0.657. The Labute approximate surface area is 155 Å². The number of furan rings is 1. The zero-order chi connectivity index (χ0) is 18.9. The van der Waals surface area contributed by atoms with Crippen LogP contribution in [0, 0.1) is 0 Å². The zero-order valence-corrected chi connectivity index (χ0v) is 15.1. The second-order valence-electron chi connectivity index (χ2n) is 5.15. The van der Waals surface area contributed by atoms with Crippen LogP contribution in [0.15, 0.2) is 41.0 Å². The summed E-state index contributed by atoms with van der Waals surface area (Å²) in [6, 6.07) is 6.80. The number of carbonyl (C=O) groups is 2. The summed E-state index contributed by atoms with van der Waals surface area (Å²) in [6.45, 7) is 0.123. The Balaban J connectivity index is 1.85. The van der Waals surface area contributed by atoms with Crippen molar-refractivity contribution in [3.63, 3.8) is 0 Å². The van der Waals surface area contributed by atoms with Crippen LogP contribution in [0.25, 0.3) is 6.08 Å². The standard InChI is InChI=1S/C18H19ClN2O5/c1-24-15-9-12(8-14(19)18(15)25-2)5-6-16(22)21-11-17(23)20-10-13-4-3-7-26-13/h3-9H,10-11H2,1-2H3,(H,20,23)(H,21,22)/b6-5+. The normalized spacial score (nSPS) is 10.6. The Bertz CT molecular complexity index is 787. The van der Waals surface area contributed by atoms with Crippen LogP contribution < -0.4 is 20.1 Å². The minimum absolute atomic E-state index is 0.142. The summed E-state index contributed by atoms with van der Waals surface area (Å²) in [5.74, 6) is 0.776. The highest BCUT2D eigenvalue weighted by Crippen LogP contribution is 2.36. The number of hydrogen-bond donors (Lipinski definition) is 2. The molecule has 1 aromatic heterocycles. The van der Waals surface area contributed by atoms with Gasteiger partial charge in [0.2, 0.25) is 11.8 Å². The summed E-state index contributed by atoms with van der Waals surface area (Å²) >= 11 is 6.11. The summed E-state index contributed by atoms with van der Waals surface area (Å²) < 4.78 is 15.4. The first-order chi connectivity index (χ1) is 12.5. The Morgan fingerprint density at radius 1 is 1.23 bits per heavy atom. The Morgan fingerprint density at radius 3 is 2.69 bits per heavy atom. The molecule has 0 saturated heterocycles. The van der Waals surface area contributed by atoms with Crippen molar-refractivity contribution in [2.24, 2.45) is 0 Å². The average molecular weight is 379 g/mol. The van der Waals surface area contributed by atoms with Gasteiger partial charge in [0.25, 0.3) is 0 Å². The maximum atomic E-state index is 11.8. The van der Waals surface area contributed by atoms with Gasteiger partial charge in [0, 0.05) is 6.08 Å². The van der Waals surface area contributed by atoms with Crippen LogP contribution >= 0.6 is 11.6 Å². The number of halogens is 1. The number of nitrogens with one attached hydrogen (secondary N) is 2. The largest absolute Gasteiger partial charge is 0.493 e. The van der Waals surface area contributed by atoms with Crippen molar-refractivity contribution in [3.05, 3.63) is 53.0 Å². The van der Waals surface area contributed by atoms with Crippen molar-refractivity contribution in [1.29, 1.82) is 0 Å². The van der Waals surface area contributed by atoms with E-state index in [9.17, 15) is 9.59 Å². The van der Waals surface area contributed by atoms with E-state index >= 15 is 0 Å². The van der Waals surface area contributed by atoms with E-state index in [0.717, 1.165) is 0 Å². The fraction of sp³-hybridized carbons (Fsp3) is 0.222. The lowest BCUT2D eigenvalue weighted by atomic mass is 10.2. The average Bonchev–Trinajstić information content (AvgIpc) is 3.16. The number of rotatable bonds is 8. The zero-order valence-electron chi connectivity index (χ0n) is 14.4. The molecule has 2 N–H and O–H groups in total. The topological polar surface area (TPSA) is 89.8 Å². The van der Waals surface area contributed by atoms with Crippen molar-refractivity contribution in [1.82, 2.24) is 10.6 Å². The highest BCUT2D eigenvalue weighted by Gasteiger charge is 2.10. The first-order valence-electron chi connectivity index (χ1n) is 7.70. The van der Waals surface area contributed by atoms with Crippen LogP contribution in [0.1, 0.15) is 11.3 Å². The fourth-order valence-electron chi connectivity index (χ4n) is 2.09.